The molecular formula is C27H33N7O. The molecule has 0 radical (unpaired) electrons. The normalized spacial score (nSPS) is 14.7. The van der Waals surface area contributed by atoms with E-state index in [1.807, 2.05) is 65.5 Å². The number of piperazine rings is 1. The number of carbonyl (C=O) groups is 1. The highest BCUT2D eigenvalue weighted by Crippen LogP contribution is 2.30. The minimum absolute atomic E-state index is 0.0682. The molecule has 182 valence electrons. The van der Waals surface area contributed by atoms with E-state index in [0.717, 1.165) is 65.4 Å². The molecule has 4 aromatic rings. The summed E-state index contributed by atoms with van der Waals surface area (Å²) >= 11 is 0. The number of aryl methyl sites for hydroxylation is 4. The van der Waals surface area contributed by atoms with E-state index in [4.69, 9.17) is 4.98 Å². The van der Waals surface area contributed by atoms with Gasteiger partial charge in [0.25, 0.3) is 5.91 Å². The summed E-state index contributed by atoms with van der Waals surface area (Å²) in [4.78, 5) is 23.1. The molecule has 1 aromatic carbocycles. The van der Waals surface area contributed by atoms with Crippen molar-refractivity contribution in [3.8, 4) is 11.3 Å². The number of aromatic nitrogens is 5. The Bertz CT molecular complexity index is 1390. The van der Waals surface area contributed by atoms with Gasteiger partial charge >= 0.3 is 0 Å². The number of nitrogens with zero attached hydrogens (tertiary/aromatic N) is 7. The van der Waals surface area contributed by atoms with Crippen molar-refractivity contribution in [1.29, 1.82) is 0 Å². The van der Waals surface area contributed by atoms with Crippen LogP contribution < -0.4 is 0 Å². The molecule has 0 spiro atoms. The van der Waals surface area contributed by atoms with E-state index in [-0.39, 0.29) is 5.91 Å². The van der Waals surface area contributed by atoms with Gasteiger partial charge in [-0.2, -0.15) is 10.2 Å². The SMILES string of the molecule is CCn1cc(CN2CCN(C(=O)c3cc(-c4c(C)nn(C)c4C)nc4ccccc34)CC2)c(C)n1. The van der Waals surface area contributed by atoms with Crippen molar-refractivity contribution >= 4 is 16.8 Å². The maximum absolute atomic E-state index is 13.8. The van der Waals surface area contributed by atoms with Gasteiger partial charge in [-0.15, -0.1) is 0 Å². The summed E-state index contributed by atoms with van der Waals surface area (Å²) in [5.74, 6) is 0.0682. The van der Waals surface area contributed by atoms with E-state index >= 15 is 0 Å². The summed E-state index contributed by atoms with van der Waals surface area (Å²) in [5, 5.41) is 10.0. The highest BCUT2D eigenvalue weighted by atomic mass is 16.2. The van der Waals surface area contributed by atoms with Crippen molar-refractivity contribution in [2.45, 2.75) is 40.8 Å². The van der Waals surface area contributed by atoms with Gasteiger partial charge in [0, 0.05) is 74.7 Å². The first kappa shape index (κ1) is 23.2. The molecular weight excluding hydrogens is 438 g/mol. The number of carbonyl (C=O) groups excluding carboxylic acids is 1. The average Bonchev–Trinajstić information content (AvgIpc) is 3.35. The summed E-state index contributed by atoms with van der Waals surface area (Å²) in [7, 11) is 1.94. The highest BCUT2D eigenvalue weighted by molar-refractivity contribution is 6.07. The molecule has 1 aliphatic heterocycles. The fourth-order valence-corrected chi connectivity index (χ4v) is 5.02. The smallest absolute Gasteiger partial charge is 0.254 e. The van der Waals surface area contributed by atoms with E-state index in [1.165, 1.54) is 5.56 Å². The number of hydrogen-bond acceptors (Lipinski definition) is 5. The molecule has 5 rings (SSSR count). The standard InChI is InChI=1S/C27H33N7O/c1-6-34-17-21(18(2)30-34)16-32-11-13-33(14-12-32)27(35)23-15-25(26-19(3)29-31(5)20(26)4)28-24-10-8-7-9-22(23)24/h7-10,15,17H,6,11-14,16H2,1-5H3. The van der Waals surface area contributed by atoms with E-state index < -0.39 is 0 Å². The molecule has 1 aliphatic rings. The Morgan fingerprint density at radius 3 is 2.40 bits per heavy atom. The zero-order chi connectivity index (χ0) is 24.7. The summed E-state index contributed by atoms with van der Waals surface area (Å²) in [6.07, 6.45) is 2.14. The maximum Gasteiger partial charge on any atom is 0.254 e. The Labute approximate surface area is 206 Å². The molecule has 0 unspecified atom stereocenters. The van der Waals surface area contributed by atoms with Gasteiger partial charge in [0.15, 0.2) is 0 Å². The quantitative estimate of drug-likeness (QED) is 0.444. The number of amides is 1. The maximum atomic E-state index is 13.8. The molecule has 1 fully saturated rings. The monoisotopic (exact) mass is 471 g/mol. The minimum Gasteiger partial charge on any atom is -0.336 e. The Morgan fingerprint density at radius 1 is 1.00 bits per heavy atom. The zero-order valence-electron chi connectivity index (χ0n) is 21.2. The van der Waals surface area contributed by atoms with Crippen LogP contribution in [0.25, 0.3) is 22.2 Å². The number of rotatable bonds is 5. The van der Waals surface area contributed by atoms with Crippen molar-refractivity contribution in [3.05, 3.63) is 64.7 Å². The van der Waals surface area contributed by atoms with Crippen molar-refractivity contribution in [1.82, 2.24) is 34.3 Å². The number of para-hydroxylation sites is 1. The first-order valence-corrected chi connectivity index (χ1v) is 12.3. The third-order valence-corrected chi connectivity index (χ3v) is 7.14. The van der Waals surface area contributed by atoms with Crippen molar-refractivity contribution in [3.63, 3.8) is 0 Å². The van der Waals surface area contributed by atoms with Crippen molar-refractivity contribution < 1.29 is 4.79 Å². The molecule has 3 aromatic heterocycles. The summed E-state index contributed by atoms with van der Waals surface area (Å²) in [6, 6.07) is 9.87. The Hall–Kier alpha value is -3.52. The third-order valence-electron chi connectivity index (χ3n) is 7.14. The van der Waals surface area contributed by atoms with Crippen molar-refractivity contribution in [2.24, 2.45) is 7.05 Å². The Balaban J connectivity index is 1.39. The molecule has 35 heavy (non-hydrogen) atoms. The Kier molecular flexibility index (Phi) is 6.15. The van der Waals surface area contributed by atoms with Crippen LogP contribution in [0.3, 0.4) is 0 Å². The van der Waals surface area contributed by atoms with Crippen LogP contribution in [0.4, 0.5) is 0 Å². The van der Waals surface area contributed by atoms with Crippen LogP contribution in [0.5, 0.6) is 0 Å². The van der Waals surface area contributed by atoms with Crippen LogP contribution in [0.15, 0.2) is 36.5 Å². The van der Waals surface area contributed by atoms with Crippen LogP contribution >= 0.6 is 0 Å². The van der Waals surface area contributed by atoms with E-state index in [1.54, 1.807) is 0 Å². The van der Waals surface area contributed by atoms with Crippen LogP contribution in [0.2, 0.25) is 0 Å². The number of benzene rings is 1. The fraction of sp³-hybridized carbons (Fsp3) is 0.407. The van der Waals surface area contributed by atoms with Gasteiger partial charge in [-0.3, -0.25) is 19.1 Å². The molecule has 0 saturated carbocycles. The molecule has 8 heteroatoms. The first-order chi connectivity index (χ1) is 16.9. The molecule has 1 amide bonds. The lowest BCUT2D eigenvalue weighted by molar-refractivity contribution is 0.0630. The molecule has 8 nitrogen and oxygen atoms in total. The molecule has 0 N–H and O–H groups in total. The van der Waals surface area contributed by atoms with E-state index in [0.29, 0.717) is 18.7 Å². The summed E-state index contributed by atoms with van der Waals surface area (Å²) in [6.45, 7) is 13.1. The van der Waals surface area contributed by atoms with Crippen molar-refractivity contribution in [2.75, 3.05) is 26.2 Å². The minimum atomic E-state index is 0.0682. The van der Waals surface area contributed by atoms with Crippen LogP contribution in [0.1, 0.15) is 39.9 Å². The second-order valence-electron chi connectivity index (χ2n) is 9.41. The van der Waals surface area contributed by atoms with Crippen LogP contribution in [-0.4, -0.2) is 66.4 Å². The number of hydrogen-bond donors (Lipinski definition) is 0. The van der Waals surface area contributed by atoms with Gasteiger partial charge in [-0.1, -0.05) is 18.2 Å². The fourth-order valence-electron chi connectivity index (χ4n) is 5.02. The summed E-state index contributed by atoms with van der Waals surface area (Å²) < 4.78 is 3.86. The van der Waals surface area contributed by atoms with Gasteiger partial charge in [-0.25, -0.2) is 4.98 Å². The lowest BCUT2D eigenvalue weighted by atomic mass is 10.0. The number of pyridine rings is 1. The van der Waals surface area contributed by atoms with Crippen LogP contribution in [-0.2, 0) is 20.1 Å². The zero-order valence-corrected chi connectivity index (χ0v) is 21.2. The predicted molar refractivity (Wildman–Crippen MR) is 137 cm³/mol. The Morgan fingerprint density at radius 2 is 1.74 bits per heavy atom. The molecule has 0 bridgehead atoms. The molecule has 1 saturated heterocycles. The topological polar surface area (TPSA) is 72.1 Å². The second kappa shape index (κ2) is 9.26. The van der Waals surface area contributed by atoms with Gasteiger partial charge in [0.1, 0.15) is 0 Å². The van der Waals surface area contributed by atoms with E-state index in [9.17, 15) is 4.79 Å². The van der Waals surface area contributed by atoms with Gasteiger partial charge < -0.3 is 4.90 Å². The van der Waals surface area contributed by atoms with Crippen LogP contribution in [0, 0.1) is 20.8 Å². The molecule has 0 atom stereocenters. The lowest BCUT2D eigenvalue weighted by Crippen LogP contribution is -2.48. The van der Waals surface area contributed by atoms with Gasteiger partial charge in [0.2, 0.25) is 0 Å². The highest BCUT2D eigenvalue weighted by Gasteiger charge is 2.26. The van der Waals surface area contributed by atoms with Gasteiger partial charge in [-0.05, 0) is 39.8 Å². The lowest BCUT2D eigenvalue weighted by Gasteiger charge is -2.35. The first-order valence-electron chi connectivity index (χ1n) is 12.3. The van der Waals surface area contributed by atoms with E-state index in [2.05, 4.69) is 35.1 Å². The number of fused-ring (bicyclic) bond motifs is 1. The summed E-state index contributed by atoms with van der Waals surface area (Å²) in [5.41, 5.74) is 7.65. The predicted octanol–water partition coefficient (Wildman–Crippen LogP) is 3.73. The second-order valence-corrected chi connectivity index (χ2v) is 9.41. The largest absolute Gasteiger partial charge is 0.336 e. The molecule has 0 aliphatic carbocycles. The third kappa shape index (κ3) is 4.34. The van der Waals surface area contributed by atoms with Gasteiger partial charge in [0.05, 0.1) is 28.2 Å². The molecule has 4 heterocycles. The average molecular weight is 472 g/mol.